The fourth-order valence-electron chi connectivity index (χ4n) is 2.10. The lowest BCUT2D eigenvalue weighted by Crippen LogP contribution is -2.51. The van der Waals surface area contributed by atoms with Crippen LogP contribution in [0.1, 0.15) is 17.3 Å². The number of esters is 1. The van der Waals surface area contributed by atoms with Gasteiger partial charge in [-0.3, -0.25) is 4.79 Å². The van der Waals surface area contributed by atoms with Gasteiger partial charge in [-0.2, -0.15) is 11.8 Å². The summed E-state index contributed by atoms with van der Waals surface area (Å²) in [6.07, 6.45) is 0. The molecule has 0 radical (unpaired) electrons. The molecule has 2 rings (SSSR count). The Bertz CT molecular complexity index is 555. The number of carbonyl (C=O) groups is 2. The monoisotopic (exact) mass is 375 g/mol. The van der Waals surface area contributed by atoms with E-state index in [-0.39, 0.29) is 22.6 Å². The summed E-state index contributed by atoms with van der Waals surface area (Å²) < 4.78 is 18.7. The van der Waals surface area contributed by atoms with Crippen molar-refractivity contribution >= 4 is 39.6 Å². The maximum Gasteiger partial charge on any atom is 0.329 e. The van der Waals surface area contributed by atoms with E-state index in [1.807, 2.05) is 0 Å². The molecule has 1 aromatic carbocycles. The second-order valence-corrected chi connectivity index (χ2v) is 6.39. The van der Waals surface area contributed by atoms with Crippen molar-refractivity contribution < 1.29 is 18.7 Å². The number of carbonyl (C=O) groups excluding carboxylic acids is 2. The Hall–Kier alpha value is -1.08. The van der Waals surface area contributed by atoms with Crippen LogP contribution >= 0.6 is 27.7 Å². The van der Waals surface area contributed by atoms with E-state index in [0.29, 0.717) is 12.3 Å². The normalized spacial score (nSPS) is 18.4. The highest BCUT2D eigenvalue weighted by Crippen LogP contribution is 2.25. The first kappa shape index (κ1) is 16.3. The van der Waals surface area contributed by atoms with Gasteiger partial charge in [-0.25, -0.2) is 9.18 Å². The predicted molar refractivity (Wildman–Crippen MR) is 82.9 cm³/mol. The summed E-state index contributed by atoms with van der Waals surface area (Å²) in [4.78, 5) is 26.1. The Morgan fingerprint density at radius 1 is 1.52 bits per heavy atom. The molecule has 0 aromatic heterocycles. The minimum absolute atomic E-state index is 0.121. The molecule has 4 nitrogen and oxygen atoms in total. The van der Waals surface area contributed by atoms with E-state index in [0.717, 1.165) is 5.75 Å². The van der Waals surface area contributed by atoms with E-state index in [1.54, 1.807) is 24.8 Å². The molecule has 7 heteroatoms. The molecule has 1 amide bonds. The predicted octanol–water partition coefficient (Wildman–Crippen LogP) is 2.71. The average Bonchev–Trinajstić information content (AvgIpc) is 2.49. The Labute approximate surface area is 135 Å². The largest absolute Gasteiger partial charge is 0.464 e. The van der Waals surface area contributed by atoms with Gasteiger partial charge in [0.2, 0.25) is 0 Å². The van der Waals surface area contributed by atoms with Crippen LogP contribution in [0.5, 0.6) is 0 Å². The highest BCUT2D eigenvalue weighted by atomic mass is 79.9. The zero-order chi connectivity index (χ0) is 15.4. The van der Waals surface area contributed by atoms with Crippen molar-refractivity contribution in [2.75, 3.05) is 24.7 Å². The smallest absolute Gasteiger partial charge is 0.329 e. The minimum atomic E-state index is -0.619. The molecule has 1 aliphatic heterocycles. The zero-order valence-corrected chi connectivity index (χ0v) is 13.9. The van der Waals surface area contributed by atoms with Crippen LogP contribution in [0.15, 0.2) is 22.7 Å². The van der Waals surface area contributed by atoms with Gasteiger partial charge in [-0.1, -0.05) is 6.07 Å². The third kappa shape index (κ3) is 3.58. The van der Waals surface area contributed by atoms with Crippen LogP contribution in [0, 0.1) is 5.82 Å². The molecule has 1 aliphatic rings. The molecule has 1 heterocycles. The van der Waals surface area contributed by atoms with Crippen LogP contribution in [0.2, 0.25) is 0 Å². The topological polar surface area (TPSA) is 46.6 Å². The lowest BCUT2D eigenvalue weighted by molar-refractivity contribution is -0.147. The van der Waals surface area contributed by atoms with Gasteiger partial charge in [0.15, 0.2) is 0 Å². The van der Waals surface area contributed by atoms with Crippen LogP contribution in [0.3, 0.4) is 0 Å². The molecule has 0 saturated carbocycles. The summed E-state index contributed by atoms with van der Waals surface area (Å²) in [7, 11) is 0. The summed E-state index contributed by atoms with van der Waals surface area (Å²) >= 11 is 4.69. The first-order valence-corrected chi connectivity index (χ1v) is 8.50. The number of ether oxygens (including phenoxy) is 1. The Morgan fingerprint density at radius 3 is 3.00 bits per heavy atom. The second kappa shape index (κ2) is 7.26. The molecular weight excluding hydrogens is 361 g/mol. The Kier molecular flexibility index (Phi) is 5.64. The molecule has 1 atom stereocenters. The first-order chi connectivity index (χ1) is 10.1. The highest BCUT2D eigenvalue weighted by molar-refractivity contribution is 9.10. The van der Waals surface area contributed by atoms with Gasteiger partial charge in [0, 0.05) is 18.1 Å². The van der Waals surface area contributed by atoms with Crippen molar-refractivity contribution in [1.29, 1.82) is 0 Å². The van der Waals surface area contributed by atoms with Crippen LogP contribution in [-0.2, 0) is 9.53 Å². The van der Waals surface area contributed by atoms with Gasteiger partial charge in [0.25, 0.3) is 5.91 Å². The molecular formula is C14H15BrFNO3S. The molecule has 0 spiro atoms. The molecule has 0 N–H and O–H groups in total. The molecule has 1 aromatic rings. The van der Waals surface area contributed by atoms with E-state index in [9.17, 15) is 14.0 Å². The molecule has 1 fully saturated rings. The summed E-state index contributed by atoms with van der Waals surface area (Å²) in [5, 5.41) is 0. The fraction of sp³-hybridized carbons (Fsp3) is 0.429. The van der Waals surface area contributed by atoms with Crippen LogP contribution in [0.25, 0.3) is 0 Å². The highest BCUT2D eigenvalue weighted by Gasteiger charge is 2.34. The Balaban J connectivity index is 2.26. The van der Waals surface area contributed by atoms with Crippen molar-refractivity contribution in [1.82, 2.24) is 4.90 Å². The van der Waals surface area contributed by atoms with E-state index in [1.165, 1.54) is 17.0 Å². The second-order valence-electron chi connectivity index (χ2n) is 4.44. The van der Waals surface area contributed by atoms with Crippen LogP contribution in [-0.4, -0.2) is 47.5 Å². The van der Waals surface area contributed by atoms with Crippen molar-refractivity contribution in [2.45, 2.75) is 13.0 Å². The van der Waals surface area contributed by atoms with Crippen LogP contribution < -0.4 is 0 Å². The molecule has 21 heavy (non-hydrogen) atoms. The van der Waals surface area contributed by atoms with Crippen molar-refractivity contribution in [2.24, 2.45) is 0 Å². The van der Waals surface area contributed by atoms with Crippen molar-refractivity contribution in [3.63, 3.8) is 0 Å². The first-order valence-electron chi connectivity index (χ1n) is 6.55. The van der Waals surface area contributed by atoms with Crippen molar-refractivity contribution in [3.05, 3.63) is 34.1 Å². The van der Waals surface area contributed by atoms with Gasteiger partial charge in [0.05, 0.1) is 16.6 Å². The minimum Gasteiger partial charge on any atom is -0.464 e. The van der Waals surface area contributed by atoms with Crippen LogP contribution in [0.4, 0.5) is 4.39 Å². The van der Waals surface area contributed by atoms with E-state index in [4.69, 9.17) is 4.74 Å². The van der Waals surface area contributed by atoms with Gasteiger partial charge < -0.3 is 9.64 Å². The standard InChI is InChI=1S/C14H15BrFNO3S/c1-2-20-14(19)11-8-21-7-6-17(11)13(18)9-4-3-5-10(16)12(9)15/h3-5,11H,2,6-8H2,1H3. The average molecular weight is 376 g/mol. The lowest BCUT2D eigenvalue weighted by Gasteiger charge is -2.33. The quantitative estimate of drug-likeness (QED) is 0.762. The third-order valence-electron chi connectivity index (χ3n) is 3.13. The van der Waals surface area contributed by atoms with E-state index in [2.05, 4.69) is 15.9 Å². The summed E-state index contributed by atoms with van der Waals surface area (Å²) in [6, 6.07) is 3.67. The number of halogens is 2. The molecule has 0 bridgehead atoms. The van der Waals surface area contributed by atoms with Gasteiger partial charge in [-0.15, -0.1) is 0 Å². The van der Waals surface area contributed by atoms with E-state index >= 15 is 0 Å². The lowest BCUT2D eigenvalue weighted by atomic mass is 10.1. The third-order valence-corrected chi connectivity index (χ3v) is 4.96. The number of amides is 1. The van der Waals surface area contributed by atoms with Gasteiger partial charge in [0.1, 0.15) is 11.9 Å². The van der Waals surface area contributed by atoms with Gasteiger partial charge >= 0.3 is 5.97 Å². The number of nitrogens with zero attached hydrogens (tertiary/aromatic N) is 1. The molecule has 1 unspecified atom stereocenters. The van der Waals surface area contributed by atoms with Crippen molar-refractivity contribution in [3.8, 4) is 0 Å². The number of hydrogen-bond acceptors (Lipinski definition) is 4. The summed E-state index contributed by atoms with van der Waals surface area (Å²) in [5.41, 5.74) is 0.219. The molecule has 1 saturated heterocycles. The molecule has 114 valence electrons. The van der Waals surface area contributed by atoms with Gasteiger partial charge in [-0.05, 0) is 35.0 Å². The SMILES string of the molecule is CCOC(=O)C1CSCCN1C(=O)c1cccc(F)c1Br. The number of thioether (sulfide) groups is 1. The maximum absolute atomic E-state index is 13.6. The number of hydrogen-bond donors (Lipinski definition) is 0. The zero-order valence-electron chi connectivity index (χ0n) is 11.5. The summed E-state index contributed by atoms with van der Waals surface area (Å²) in [5.74, 6) is -0.0308. The Morgan fingerprint density at radius 2 is 2.29 bits per heavy atom. The summed E-state index contributed by atoms with van der Waals surface area (Å²) in [6.45, 7) is 2.44. The fourth-order valence-corrected chi connectivity index (χ4v) is 3.57. The number of benzene rings is 1. The number of rotatable bonds is 3. The van der Waals surface area contributed by atoms with E-state index < -0.39 is 17.8 Å². The maximum atomic E-state index is 13.6. The molecule has 0 aliphatic carbocycles.